The monoisotopic (exact) mass is 208 g/mol. The fourth-order valence-corrected chi connectivity index (χ4v) is 1.84. The van der Waals surface area contributed by atoms with Gasteiger partial charge in [0.05, 0.1) is 19.3 Å². The minimum absolute atomic E-state index is 0.0323. The summed E-state index contributed by atoms with van der Waals surface area (Å²) in [6.45, 7) is -0.0323. The fraction of sp³-hybridized carbons (Fsp3) is 0.500. The van der Waals surface area contributed by atoms with Crippen molar-refractivity contribution in [2.45, 2.75) is 31.5 Å². The van der Waals surface area contributed by atoms with Crippen LogP contribution in [0.3, 0.4) is 0 Å². The molecule has 0 amide bonds. The van der Waals surface area contributed by atoms with Crippen molar-refractivity contribution in [2.75, 3.05) is 7.11 Å². The van der Waals surface area contributed by atoms with Crippen LogP contribution in [0.1, 0.15) is 24.0 Å². The maximum atomic E-state index is 9.85. The lowest BCUT2D eigenvalue weighted by atomic mass is 10.0. The third-order valence-corrected chi connectivity index (χ3v) is 2.90. The average Bonchev–Trinajstić information content (AvgIpc) is 2.95. The van der Waals surface area contributed by atoms with Gasteiger partial charge in [-0.05, 0) is 18.4 Å². The molecule has 3 heteroatoms. The van der Waals surface area contributed by atoms with Gasteiger partial charge in [0.1, 0.15) is 5.75 Å². The van der Waals surface area contributed by atoms with Crippen molar-refractivity contribution in [1.82, 2.24) is 0 Å². The van der Waals surface area contributed by atoms with E-state index in [9.17, 15) is 5.11 Å². The Morgan fingerprint density at radius 1 is 1.33 bits per heavy atom. The molecule has 1 aliphatic carbocycles. The van der Waals surface area contributed by atoms with Crippen LogP contribution in [0, 0.1) is 0 Å². The number of aliphatic hydroxyl groups is 2. The third kappa shape index (κ3) is 2.13. The van der Waals surface area contributed by atoms with Gasteiger partial charge in [-0.15, -0.1) is 0 Å². The summed E-state index contributed by atoms with van der Waals surface area (Å²) in [6.07, 6.45) is 2.34. The lowest BCUT2D eigenvalue weighted by Gasteiger charge is -2.14. The van der Waals surface area contributed by atoms with E-state index in [4.69, 9.17) is 9.84 Å². The maximum Gasteiger partial charge on any atom is 0.127 e. The van der Waals surface area contributed by atoms with E-state index in [-0.39, 0.29) is 6.61 Å². The summed E-state index contributed by atoms with van der Waals surface area (Å²) in [6, 6.07) is 5.66. The Bertz CT molecular complexity index is 356. The Labute approximate surface area is 89.3 Å². The number of benzene rings is 1. The normalized spacial score (nSPS) is 17.5. The molecule has 0 aromatic heterocycles. The predicted octanol–water partition coefficient (Wildman–Crippen LogP) is 1.25. The van der Waals surface area contributed by atoms with Crippen LogP contribution < -0.4 is 4.74 Å². The van der Waals surface area contributed by atoms with E-state index in [2.05, 4.69) is 0 Å². The standard InChI is InChI=1S/C12H16O3/c1-15-11-9(7-12(14)5-6-12)3-2-4-10(11)8-13/h2-4,13-14H,5-8H2,1H3. The van der Waals surface area contributed by atoms with Crippen molar-refractivity contribution in [3.8, 4) is 5.75 Å². The van der Waals surface area contributed by atoms with Gasteiger partial charge in [-0.3, -0.25) is 0 Å². The number of hydrogen-bond donors (Lipinski definition) is 2. The first-order valence-electron chi connectivity index (χ1n) is 5.16. The van der Waals surface area contributed by atoms with Crippen molar-refractivity contribution in [3.05, 3.63) is 29.3 Å². The van der Waals surface area contributed by atoms with Crippen LogP contribution in [0.2, 0.25) is 0 Å². The Balaban J connectivity index is 2.28. The number of para-hydroxylation sites is 1. The van der Waals surface area contributed by atoms with E-state index in [0.717, 1.165) is 24.0 Å². The third-order valence-electron chi connectivity index (χ3n) is 2.90. The van der Waals surface area contributed by atoms with E-state index in [0.29, 0.717) is 12.2 Å². The highest BCUT2D eigenvalue weighted by Gasteiger charge is 2.40. The molecule has 2 rings (SSSR count). The summed E-state index contributed by atoms with van der Waals surface area (Å²) >= 11 is 0. The Morgan fingerprint density at radius 2 is 2.00 bits per heavy atom. The van der Waals surface area contributed by atoms with Crippen LogP contribution >= 0.6 is 0 Å². The van der Waals surface area contributed by atoms with Gasteiger partial charge in [0, 0.05) is 12.0 Å². The topological polar surface area (TPSA) is 49.7 Å². The van der Waals surface area contributed by atoms with Crippen LogP contribution in [0.4, 0.5) is 0 Å². The average molecular weight is 208 g/mol. The Hall–Kier alpha value is -1.06. The summed E-state index contributed by atoms with van der Waals surface area (Å²) in [5.74, 6) is 0.709. The molecular weight excluding hydrogens is 192 g/mol. The van der Waals surface area contributed by atoms with Crippen molar-refractivity contribution in [2.24, 2.45) is 0 Å². The largest absolute Gasteiger partial charge is 0.496 e. The molecule has 0 atom stereocenters. The maximum absolute atomic E-state index is 9.85. The molecule has 0 spiro atoms. The molecule has 1 saturated carbocycles. The molecule has 0 bridgehead atoms. The SMILES string of the molecule is COc1c(CO)cccc1CC1(O)CC1. The first kappa shape index (κ1) is 10.5. The summed E-state index contributed by atoms with van der Waals surface area (Å²) < 4.78 is 5.27. The van der Waals surface area contributed by atoms with Crippen LogP contribution in [-0.4, -0.2) is 22.9 Å². The smallest absolute Gasteiger partial charge is 0.127 e. The quantitative estimate of drug-likeness (QED) is 0.783. The predicted molar refractivity (Wildman–Crippen MR) is 56.8 cm³/mol. The minimum atomic E-state index is -0.526. The van der Waals surface area contributed by atoms with Crippen LogP contribution in [-0.2, 0) is 13.0 Å². The molecule has 0 saturated heterocycles. The molecule has 0 radical (unpaired) electrons. The second-order valence-corrected chi connectivity index (χ2v) is 4.17. The molecule has 82 valence electrons. The first-order chi connectivity index (χ1) is 7.18. The molecule has 0 heterocycles. The van der Waals surface area contributed by atoms with Gasteiger partial charge in [0.2, 0.25) is 0 Å². The lowest BCUT2D eigenvalue weighted by Crippen LogP contribution is -2.12. The van der Waals surface area contributed by atoms with Gasteiger partial charge in [-0.25, -0.2) is 0 Å². The van der Waals surface area contributed by atoms with Gasteiger partial charge < -0.3 is 14.9 Å². The molecule has 1 aromatic carbocycles. The molecule has 15 heavy (non-hydrogen) atoms. The minimum Gasteiger partial charge on any atom is -0.496 e. The van der Waals surface area contributed by atoms with Gasteiger partial charge in [-0.1, -0.05) is 18.2 Å². The number of rotatable bonds is 4. The summed E-state index contributed by atoms with van der Waals surface area (Å²) in [5.41, 5.74) is 1.23. The number of aliphatic hydroxyl groups excluding tert-OH is 1. The zero-order valence-corrected chi connectivity index (χ0v) is 8.86. The van der Waals surface area contributed by atoms with Gasteiger partial charge in [-0.2, -0.15) is 0 Å². The van der Waals surface area contributed by atoms with Gasteiger partial charge in [0.25, 0.3) is 0 Å². The molecule has 1 aliphatic rings. The highest BCUT2D eigenvalue weighted by atomic mass is 16.5. The fourth-order valence-electron chi connectivity index (χ4n) is 1.84. The second-order valence-electron chi connectivity index (χ2n) is 4.17. The van der Waals surface area contributed by atoms with E-state index in [1.165, 1.54) is 0 Å². The zero-order chi connectivity index (χ0) is 10.9. The Morgan fingerprint density at radius 3 is 2.53 bits per heavy atom. The van der Waals surface area contributed by atoms with Crippen molar-refractivity contribution >= 4 is 0 Å². The highest BCUT2D eigenvalue weighted by molar-refractivity contribution is 5.42. The van der Waals surface area contributed by atoms with Crippen molar-refractivity contribution < 1.29 is 14.9 Å². The number of methoxy groups -OCH3 is 1. The summed E-state index contributed by atoms with van der Waals surface area (Å²) in [4.78, 5) is 0. The summed E-state index contributed by atoms with van der Waals surface area (Å²) in [5, 5.41) is 19.0. The lowest BCUT2D eigenvalue weighted by molar-refractivity contribution is 0.149. The van der Waals surface area contributed by atoms with E-state index < -0.39 is 5.60 Å². The first-order valence-corrected chi connectivity index (χ1v) is 5.16. The van der Waals surface area contributed by atoms with Gasteiger partial charge in [0.15, 0.2) is 0 Å². The second kappa shape index (κ2) is 3.83. The number of ether oxygens (including phenoxy) is 1. The molecule has 3 nitrogen and oxygen atoms in total. The van der Waals surface area contributed by atoms with Crippen LogP contribution in [0.5, 0.6) is 5.75 Å². The molecule has 0 unspecified atom stereocenters. The zero-order valence-electron chi connectivity index (χ0n) is 8.86. The van der Waals surface area contributed by atoms with Crippen molar-refractivity contribution in [3.63, 3.8) is 0 Å². The van der Waals surface area contributed by atoms with Crippen LogP contribution in [0.25, 0.3) is 0 Å². The number of hydrogen-bond acceptors (Lipinski definition) is 3. The Kier molecular flexibility index (Phi) is 2.67. The van der Waals surface area contributed by atoms with E-state index in [1.807, 2.05) is 18.2 Å². The van der Waals surface area contributed by atoms with Crippen molar-refractivity contribution in [1.29, 1.82) is 0 Å². The molecular formula is C12H16O3. The summed E-state index contributed by atoms with van der Waals surface area (Å²) in [7, 11) is 1.59. The molecule has 1 fully saturated rings. The van der Waals surface area contributed by atoms with Crippen LogP contribution in [0.15, 0.2) is 18.2 Å². The van der Waals surface area contributed by atoms with E-state index in [1.54, 1.807) is 7.11 Å². The molecule has 0 aliphatic heterocycles. The molecule has 2 N–H and O–H groups in total. The molecule has 1 aromatic rings. The van der Waals surface area contributed by atoms with E-state index >= 15 is 0 Å². The highest BCUT2D eigenvalue weighted by Crippen LogP contribution is 2.40. The van der Waals surface area contributed by atoms with Gasteiger partial charge >= 0.3 is 0 Å².